The SMILES string of the molecule is Nc1ncnc2c1ncn2CCCCC(=O)NC1(C(=O)O)CC2(CCCCC2)C1. The number of nitrogen functional groups attached to an aromatic ring is 1. The van der Waals surface area contributed by atoms with Gasteiger partial charge in [-0.2, -0.15) is 0 Å². The molecular formula is C20H28N6O3. The second-order valence-corrected chi connectivity index (χ2v) is 8.68. The highest BCUT2D eigenvalue weighted by Gasteiger charge is 2.59. The maximum atomic E-state index is 12.4. The van der Waals surface area contributed by atoms with E-state index in [1.807, 2.05) is 4.57 Å². The number of nitrogens with two attached hydrogens (primary N) is 1. The number of carboxylic acids is 1. The molecule has 1 amide bonds. The van der Waals surface area contributed by atoms with Gasteiger partial charge in [0.15, 0.2) is 11.5 Å². The van der Waals surface area contributed by atoms with Crippen LogP contribution in [0.5, 0.6) is 0 Å². The molecule has 2 aromatic heterocycles. The Hall–Kier alpha value is -2.71. The summed E-state index contributed by atoms with van der Waals surface area (Å²) < 4.78 is 1.89. The van der Waals surface area contributed by atoms with E-state index < -0.39 is 11.5 Å². The van der Waals surface area contributed by atoms with Crippen molar-refractivity contribution < 1.29 is 14.7 Å². The number of unbranched alkanes of at least 4 members (excludes halogenated alkanes) is 1. The fraction of sp³-hybridized carbons (Fsp3) is 0.650. The van der Waals surface area contributed by atoms with Gasteiger partial charge in [-0.1, -0.05) is 19.3 Å². The van der Waals surface area contributed by atoms with Gasteiger partial charge >= 0.3 is 5.97 Å². The lowest BCUT2D eigenvalue weighted by molar-refractivity contribution is -0.162. The number of carbonyl (C=O) groups is 2. The van der Waals surface area contributed by atoms with E-state index in [1.54, 1.807) is 6.33 Å². The zero-order valence-corrected chi connectivity index (χ0v) is 16.6. The van der Waals surface area contributed by atoms with Crippen molar-refractivity contribution in [2.24, 2.45) is 5.41 Å². The van der Waals surface area contributed by atoms with E-state index in [9.17, 15) is 14.7 Å². The number of imidazole rings is 1. The molecule has 2 aliphatic carbocycles. The molecule has 2 fully saturated rings. The molecule has 2 aromatic rings. The van der Waals surface area contributed by atoms with Crippen molar-refractivity contribution in [3.05, 3.63) is 12.7 Å². The van der Waals surface area contributed by atoms with Crippen LogP contribution < -0.4 is 11.1 Å². The van der Waals surface area contributed by atoms with Crippen LogP contribution in [-0.4, -0.2) is 42.0 Å². The fourth-order valence-corrected chi connectivity index (χ4v) is 5.14. The van der Waals surface area contributed by atoms with Crippen LogP contribution in [0.15, 0.2) is 12.7 Å². The van der Waals surface area contributed by atoms with Crippen LogP contribution in [0.4, 0.5) is 5.82 Å². The molecule has 9 nitrogen and oxygen atoms in total. The first-order valence-corrected chi connectivity index (χ1v) is 10.4. The third-order valence-corrected chi connectivity index (χ3v) is 6.54. The first-order chi connectivity index (χ1) is 13.9. The molecule has 0 aliphatic heterocycles. The molecule has 0 radical (unpaired) electrons. The number of hydrogen-bond acceptors (Lipinski definition) is 6. The van der Waals surface area contributed by atoms with Crippen LogP contribution in [0.2, 0.25) is 0 Å². The van der Waals surface area contributed by atoms with Crippen molar-refractivity contribution in [1.29, 1.82) is 0 Å². The minimum absolute atomic E-state index is 0.135. The molecule has 2 aliphatic rings. The minimum Gasteiger partial charge on any atom is -0.480 e. The number of aliphatic carboxylic acids is 1. The standard InChI is InChI=1S/C20H28N6O3/c21-16-15-17(23-12-22-16)26(13-24-15)9-5-2-6-14(27)25-20(18(28)29)10-19(11-20)7-3-1-4-8-19/h12-13H,1-11H2,(H,25,27)(H,28,29)(H2,21,22,23). The number of aryl methyl sites for hydroxylation is 1. The highest BCUT2D eigenvalue weighted by molar-refractivity contribution is 5.88. The number of nitrogens with zero attached hydrogens (tertiary/aromatic N) is 4. The molecule has 2 heterocycles. The van der Waals surface area contributed by atoms with Gasteiger partial charge in [-0.15, -0.1) is 0 Å². The average molecular weight is 400 g/mol. The van der Waals surface area contributed by atoms with Crippen LogP contribution in [0.3, 0.4) is 0 Å². The van der Waals surface area contributed by atoms with Gasteiger partial charge in [0.25, 0.3) is 0 Å². The maximum absolute atomic E-state index is 12.4. The average Bonchev–Trinajstić information content (AvgIpc) is 3.09. The van der Waals surface area contributed by atoms with Crippen molar-refractivity contribution in [2.45, 2.75) is 76.3 Å². The van der Waals surface area contributed by atoms with Gasteiger partial charge in [-0.05, 0) is 43.9 Å². The molecule has 4 N–H and O–H groups in total. The van der Waals surface area contributed by atoms with Crippen molar-refractivity contribution in [3.8, 4) is 0 Å². The van der Waals surface area contributed by atoms with Gasteiger partial charge in [-0.3, -0.25) is 4.79 Å². The van der Waals surface area contributed by atoms with Gasteiger partial charge in [-0.25, -0.2) is 19.7 Å². The maximum Gasteiger partial charge on any atom is 0.329 e. The van der Waals surface area contributed by atoms with Crippen LogP contribution >= 0.6 is 0 Å². The zero-order chi connectivity index (χ0) is 20.5. The van der Waals surface area contributed by atoms with E-state index in [4.69, 9.17) is 5.73 Å². The molecule has 0 unspecified atom stereocenters. The van der Waals surface area contributed by atoms with E-state index in [0.29, 0.717) is 49.2 Å². The summed E-state index contributed by atoms with van der Waals surface area (Å²) in [6.07, 6.45) is 11.7. The lowest BCUT2D eigenvalue weighted by Crippen LogP contribution is -2.66. The number of nitrogens with one attached hydrogen (secondary N) is 1. The van der Waals surface area contributed by atoms with Gasteiger partial charge < -0.3 is 20.7 Å². The fourth-order valence-electron chi connectivity index (χ4n) is 5.14. The molecule has 0 atom stereocenters. The Morgan fingerprint density at radius 2 is 1.90 bits per heavy atom. The number of hydrogen-bond donors (Lipinski definition) is 3. The van der Waals surface area contributed by atoms with Crippen molar-refractivity contribution in [3.63, 3.8) is 0 Å². The Morgan fingerprint density at radius 3 is 2.62 bits per heavy atom. The third-order valence-electron chi connectivity index (χ3n) is 6.54. The predicted octanol–water partition coefficient (Wildman–Crippen LogP) is 2.26. The van der Waals surface area contributed by atoms with Gasteiger partial charge in [0.1, 0.15) is 17.4 Å². The van der Waals surface area contributed by atoms with Gasteiger partial charge in [0, 0.05) is 13.0 Å². The van der Waals surface area contributed by atoms with Crippen LogP contribution in [0.1, 0.15) is 64.2 Å². The second-order valence-electron chi connectivity index (χ2n) is 8.68. The lowest BCUT2D eigenvalue weighted by atomic mass is 9.52. The number of rotatable bonds is 7. The molecule has 4 rings (SSSR count). The van der Waals surface area contributed by atoms with E-state index in [-0.39, 0.29) is 11.3 Å². The molecule has 0 saturated heterocycles. The number of fused-ring (bicyclic) bond motifs is 1. The summed E-state index contributed by atoms with van der Waals surface area (Å²) in [7, 11) is 0. The molecule has 2 saturated carbocycles. The van der Waals surface area contributed by atoms with Gasteiger partial charge in [0.2, 0.25) is 5.91 Å². The Labute approximate surface area is 169 Å². The van der Waals surface area contributed by atoms with Crippen molar-refractivity contribution in [1.82, 2.24) is 24.8 Å². The molecule has 0 bridgehead atoms. The largest absolute Gasteiger partial charge is 0.480 e. The van der Waals surface area contributed by atoms with E-state index in [1.165, 1.54) is 25.6 Å². The molecule has 156 valence electrons. The molecular weight excluding hydrogens is 372 g/mol. The quantitative estimate of drug-likeness (QED) is 0.606. The lowest BCUT2D eigenvalue weighted by Gasteiger charge is -2.55. The van der Waals surface area contributed by atoms with Crippen LogP contribution in [0, 0.1) is 5.41 Å². The molecule has 1 spiro atoms. The smallest absolute Gasteiger partial charge is 0.329 e. The monoisotopic (exact) mass is 400 g/mol. The summed E-state index contributed by atoms with van der Waals surface area (Å²) in [5.41, 5.74) is 6.12. The molecule has 29 heavy (non-hydrogen) atoms. The van der Waals surface area contributed by atoms with E-state index in [2.05, 4.69) is 20.3 Å². The van der Waals surface area contributed by atoms with Crippen LogP contribution in [-0.2, 0) is 16.1 Å². The summed E-state index contributed by atoms with van der Waals surface area (Å²) in [5, 5.41) is 12.6. The zero-order valence-electron chi connectivity index (χ0n) is 16.6. The van der Waals surface area contributed by atoms with Gasteiger partial charge in [0.05, 0.1) is 6.33 Å². The number of amides is 1. The number of carbonyl (C=O) groups excluding carboxylic acids is 1. The first-order valence-electron chi connectivity index (χ1n) is 10.4. The first kappa shape index (κ1) is 19.6. The topological polar surface area (TPSA) is 136 Å². The predicted molar refractivity (Wildman–Crippen MR) is 107 cm³/mol. The summed E-state index contributed by atoms with van der Waals surface area (Å²) in [4.78, 5) is 36.6. The van der Waals surface area contributed by atoms with Crippen LogP contribution in [0.25, 0.3) is 11.2 Å². The van der Waals surface area contributed by atoms with Crippen molar-refractivity contribution >= 4 is 28.9 Å². The summed E-state index contributed by atoms with van der Waals surface area (Å²) in [6, 6.07) is 0. The Kier molecular flexibility index (Phi) is 5.14. The normalized spacial score (nSPS) is 19.7. The summed E-state index contributed by atoms with van der Waals surface area (Å²) in [6.45, 7) is 0.660. The Balaban J connectivity index is 1.26. The number of anilines is 1. The highest BCUT2D eigenvalue weighted by Crippen LogP contribution is 2.56. The van der Waals surface area contributed by atoms with E-state index >= 15 is 0 Å². The minimum atomic E-state index is -1.07. The summed E-state index contributed by atoms with van der Waals surface area (Å²) in [5.74, 6) is -0.729. The Morgan fingerprint density at radius 1 is 1.14 bits per heavy atom. The second kappa shape index (κ2) is 7.61. The van der Waals surface area contributed by atoms with Crippen molar-refractivity contribution in [2.75, 3.05) is 5.73 Å². The molecule has 0 aromatic carbocycles. The number of carboxylic acid groups (broad SMARTS) is 1. The molecule has 9 heteroatoms. The third kappa shape index (κ3) is 3.77. The van der Waals surface area contributed by atoms with E-state index in [0.717, 1.165) is 19.3 Å². The number of aromatic nitrogens is 4. The Bertz CT molecular complexity index is 910. The summed E-state index contributed by atoms with van der Waals surface area (Å²) >= 11 is 0. The highest BCUT2D eigenvalue weighted by atomic mass is 16.4.